The molecule has 1 aliphatic rings. The minimum absolute atomic E-state index is 0.185. The van der Waals surface area contributed by atoms with Crippen molar-refractivity contribution in [3.05, 3.63) is 34.5 Å². The van der Waals surface area contributed by atoms with Gasteiger partial charge in [0, 0.05) is 0 Å². The highest BCUT2D eigenvalue weighted by Gasteiger charge is 2.36. The molecule has 2 atom stereocenters. The van der Waals surface area contributed by atoms with E-state index in [2.05, 4.69) is 5.32 Å². The highest BCUT2D eigenvalue weighted by atomic mass is 32.1. The van der Waals surface area contributed by atoms with Crippen LogP contribution in [0.25, 0.3) is 0 Å². The van der Waals surface area contributed by atoms with Crippen LogP contribution in [0.15, 0.2) is 29.7 Å². The Morgan fingerprint density at radius 2 is 2.50 bits per heavy atom. The molecular formula is C12H14FNOS. The van der Waals surface area contributed by atoms with Crippen LogP contribution in [0.1, 0.15) is 29.4 Å². The smallest absolute Gasteiger partial charge is 0.261 e. The molecule has 0 bridgehead atoms. The van der Waals surface area contributed by atoms with Crippen molar-refractivity contribution in [1.29, 1.82) is 0 Å². The van der Waals surface area contributed by atoms with Crippen molar-refractivity contribution in [2.75, 3.05) is 0 Å². The molecule has 0 aromatic carbocycles. The second kappa shape index (κ2) is 4.37. The maximum Gasteiger partial charge on any atom is 0.261 e. The highest BCUT2D eigenvalue weighted by Crippen LogP contribution is 2.26. The second-order valence-corrected chi connectivity index (χ2v) is 5.17. The Labute approximate surface area is 98.2 Å². The van der Waals surface area contributed by atoms with Crippen molar-refractivity contribution in [2.45, 2.75) is 31.5 Å². The molecule has 4 heteroatoms. The van der Waals surface area contributed by atoms with E-state index in [0.717, 1.165) is 6.42 Å². The predicted molar refractivity (Wildman–Crippen MR) is 63.5 cm³/mol. The van der Waals surface area contributed by atoms with Gasteiger partial charge >= 0.3 is 0 Å². The zero-order chi connectivity index (χ0) is 11.6. The van der Waals surface area contributed by atoms with Crippen molar-refractivity contribution >= 4 is 17.2 Å². The molecular weight excluding hydrogens is 225 g/mol. The molecule has 1 aliphatic carbocycles. The lowest BCUT2D eigenvalue weighted by Gasteiger charge is -2.34. The normalized spacial score (nSPS) is 29.0. The number of amides is 1. The average Bonchev–Trinajstić information content (AvgIpc) is 2.76. The van der Waals surface area contributed by atoms with Crippen LogP contribution in [0.3, 0.4) is 0 Å². The van der Waals surface area contributed by atoms with Gasteiger partial charge in [0.05, 0.1) is 10.4 Å². The summed E-state index contributed by atoms with van der Waals surface area (Å²) in [4.78, 5) is 12.5. The zero-order valence-electron chi connectivity index (χ0n) is 9.07. The molecule has 1 amide bonds. The number of nitrogens with one attached hydrogen (secondary N) is 1. The molecule has 0 fully saturated rings. The summed E-state index contributed by atoms with van der Waals surface area (Å²) in [7, 11) is 0. The third-order valence-electron chi connectivity index (χ3n) is 2.89. The summed E-state index contributed by atoms with van der Waals surface area (Å²) in [5.74, 6) is -0.185. The first-order valence-corrected chi connectivity index (χ1v) is 6.16. The topological polar surface area (TPSA) is 29.1 Å². The van der Waals surface area contributed by atoms with Gasteiger partial charge in [0.1, 0.15) is 6.17 Å². The molecule has 0 radical (unpaired) electrons. The molecule has 1 aromatic heterocycles. The maximum absolute atomic E-state index is 13.7. The quantitative estimate of drug-likeness (QED) is 0.790. The van der Waals surface area contributed by atoms with Gasteiger partial charge in [-0.1, -0.05) is 18.2 Å². The summed E-state index contributed by atoms with van der Waals surface area (Å²) in [6.07, 6.45) is 3.69. The summed E-state index contributed by atoms with van der Waals surface area (Å²) >= 11 is 1.37. The van der Waals surface area contributed by atoms with Gasteiger partial charge in [0.2, 0.25) is 0 Å². The van der Waals surface area contributed by atoms with Gasteiger partial charge < -0.3 is 5.32 Å². The summed E-state index contributed by atoms with van der Waals surface area (Å²) in [5, 5.41) is 4.63. The molecule has 2 unspecified atom stereocenters. The first kappa shape index (κ1) is 11.3. The van der Waals surface area contributed by atoms with Crippen molar-refractivity contribution in [1.82, 2.24) is 5.32 Å². The van der Waals surface area contributed by atoms with E-state index in [1.54, 1.807) is 13.0 Å². The number of hydrogen-bond donors (Lipinski definition) is 1. The lowest BCUT2D eigenvalue weighted by molar-refractivity contribution is 0.0848. The fourth-order valence-electron chi connectivity index (χ4n) is 1.81. The summed E-state index contributed by atoms with van der Waals surface area (Å²) < 4.78 is 13.7. The molecule has 0 spiro atoms. The Kier molecular flexibility index (Phi) is 3.10. The van der Waals surface area contributed by atoms with E-state index in [-0.39, 0.29) is 5.91 Å². The van der Waals surface area contributed by atoms with Crippen molar-refractivity contribution in [3.63, 3.8) is 0 Å². The minimum Gasteiger partial charge on any atom is -0.343 e. The largest absolute Gasteiger partial charge is 0.343 e. The molecule has 0 saturated heterocycles. The summed E-state index contributed by atoms with van der Waals surface area (Å²) in [6, 6.07) is 3.56. The van der Waals surface area contributed by atoms with Crippen LogP contribution >= 0.6 is 11.3 Å². The van der Waals surface area contributed by atoms with E-state index in [4.69, 9.17) is 0 Å². The van der Waals surface area contributed by atoms with Gasteiger partial charge in [-0.15, -0.1) is 11.3 Å². The first-order chi connectivity index (χ1) is 7.62. The van der Waals surface area contributed by atoms with Crippen molar-refractivity contribution in [2.24, 2.45) is 0 Å². The van der Waals surface area contributed by atoms with E-state index in [1.165, 1.54) is 17.4 Å². The number of hydrogen-bond acceptors (Lipinski definition) is 2. The van der Waals surface area contributed by atoms with Crippen LogP contribution in [0.2, 0.25) is 0 Å². The zero-order valence-corrected chi connectivity index (χ0v) is 9.89. The van der Waals surface area contributed by atoms with Crippen LogP contribution in [0, 0.1) is 0 Å². The van der Waals surface area contributed by atoms with Crippen LogP contribution in [0.4, 0.5) is 4.39 Å². The SMILES string of the molecule is CC1(NC(=O)c2cccs2)CCC=CC1F. The highest BCUT2D eigenvalue weighted by molar-refractivity contribution is 7.12. The van der Waals surface area contributed by atoms with E-state index < -0.39 is 11.7 Å². The number of allylic oxidation sites excluding steroid dienone is 1. The lowest BCUT2D eigenvalue weighted by atomic mass is 9.86. The molecule has 1 N–H and O–H groups in total. The van der Waals surface area contributed by atoms with E-state index >= 15 is 0 Å². The van der Waals surface area contributed by atoms with Gasteiger partial charge in [-0.3, -0.25) is 4.79 Å². The Bertz CT molecular complexity index is 401. The number of carbonyl (C=O) groups is 1. The molecule has 2 rings (SSSR count). The van der Waals surface area contributed by atoms with Crippen LogP contribution in [-0.2, 0) is 0 Å². The van der Waals surface area contributed by atoms with E-state index in [0.29, 0.717) is 11.3 Å². The number of carbonyl (C=O) groups excluding carboxylic acids is 1. The molecule has 1 aromatic rings. The van der Waals surface area contributed by atoms with Crippen molar-refractivity contribution in [3.8, 4) is 0 Å². The molecule has 16 heavy (non-hydrogen) atoms. The Balaban J connectivity index is 2.09. The van der Waals surface area contributed by atoms with Crippen LogP contribution in [0.5, 0.6) is 0 Å². The molecule has 2 nitrogen and oxygen atoms in total. The van der Waals surface area contributed by atoms with Gasteiger partial charge in [-0.05, 0) is 31.2 Å². The fraction of sp³-hybridized carbons (Fsp3) is 0.417. The summed E-state index contributed by atoms with van der Waals surface area (Å²) in [5.41, 5.74) is -0.768. The predicted octanol–water partition coefficient (Wildman–Crippen LogP) is 2.92. The standard InChI is InChI=1S/C12H14FNOS/c1-12(7-3-2-6-10(12)13)14-11(15)9-5-4-8-16-9/h2,4-6,8,10H,3,7H2,1H3,(H,14,15). The molecule has 0 aliphatic heterocycles. The van der Waals surface area contributed by atoms with Gasteiger partial charge in [0.25, 0.3) is 5.91 Å². The Hall–Kier alpha value is -1.16. The third-order valence-corrected chi connectivity index (χ3v) is 3.76. The van der Waals surface area contributed by atoms with Gasteiger partial charge in [0.15, 0.2) is 0 Å². The average molecular weight is 239 g/mol. The fourth-order valence-corrected chi connectivity index (χ4v) is 2.43. The Morgan fingerprint density at radius 3 is 3.12 bits per heavy atom. The number of alkyl halides is 1. The monoisotopic (exact) mass is 239 g/mol. The molecule has 0 saturated carbocycles. The van der Waals surface area contributed by atoms with E-state index in [1.807, 2.05) is 17.5 Å². The van der Waals surface area contributed by atoms with Gasteiger partial charge in [-0.2, -0.15) is 0 Å². The lowest BCUT2D eigenvalue weighted by Crippen LogP contribution is -2.53. The molecule has 1 heterocycles. The first-order valence-electron chi connectivity index (χ1n) is 5.28. The second-order valence-electron chi connectivity index (χ2n) is 4.22. The summed E-state index contributed by atoms with van der Waals surface area (Å²) in [6.45, 7) is 1.76. The van der Waals surface area contributed by atoms with Gasteiger partial charge in [-0.25, -0.2) is 4.39 Å². The van der Waals surface area contributed by atoms with Crippen LogP contribution in [-0.4, -0.2) is 17.6 Å². The third kappa shape index (κ3) is 2.16. The van der Waals surface area contributed by atoms with Crippen LogP contribution < -0.4 is 5.32 Å². The number of halogens is 1. The number of thiophene rings is 1. The number of rotatable bonds is 2. The van der Waals surface area contributed by atoms with Crippen molar-refractivity contribution < 1.29 is 9.18 Å². The minimum atomic E-state index is -1.11. The maximum atomic E-state index is 13.7. The Morgan fingerprint density at radius 1 is 1.69 bits per heavy atom. The molecule has 86 valence electrons. The van der Waals surface area contributed by atoms with E-state index in [9.17, 15) is 9.18 Å².